The predicted molar refractivity (Wildman–Crippen MR) is 146 cm³/mol. The number of aromatic nitrogens is 1. The van der Waals surface area contributed by atoms with E-state index in [1.165, 1.54) is 19.5 Å². The van der Waals surface area contributed by atoms with Gasteiger partial charge in [0.2, 0.25) is 5.91 Å². The number of aliphatic hydroxyl groups excluding tert-OH is 1. The minimum Gasteiger partial charge on any atom is -0.495 e. The van der Waals surface area contributed by atoms with Gasteiger partial charge in [-0.15, -0.1) is 0 Å². The second-order valence-electron chi connectivity index (χ2n) is 9.50. The van der Waals surface area contributed by atoms with E-state index in [4.69, 9.17) is 14.2 Å². The van der Waals surface area contributed by atoms with E-state index in [1.807, 2.05) is 54.6 Å². The molecule has 3 aromatic rings. The molecule has 0 bridgehead atoms. The highest BCUT2D eigenvalue weighted by Crippen LogP contribution is 2.48. The number of ether oxygens (including phenoxy) is 3. The highest BCUT2D eigenvalue weighted by Gasteiger charge is 2.54. The normalized spacial score (nSPS) is 18.7. The van der Waals surface area contributed by atoms with Crippen molar-refractivity contribution in [3.63, 3.8) is 0 Å². The lowest BCUT2D eigenvalue weighted by Gasteiger charge is -2.39. The van der Waals surface area contributed by atoms with Crippen molar-refractivity contribution < 1.29 is 29.2 Å². The Hall–Kier alpha value is -2.98. The molecular weight excluding hydrogens is 552 g/mol. The van der Waals surface area contributed by atoms with Gasteiger partial charge >= 0.3 is 0 Å². The molecule has 0 unspecified atom stereocenters. The van der Waals surface area contributed by atoms with Crippen LogP contribution in [0.25, 0.3) is 0 Å². The molecule has 0 saturated heterocycles. The van der Waals surface area contributed by atoms with Crippen molar-refractivity contribution in [2.24, 2.45) is 5.92 Å². The Balaban J connectivity index is 1.83. The molecule has 4 rings (SSSR count). The maximum absolute atomic E-state index is 14.1. The van der Waals surface area contributed by atoms with Gasteiger partial charge in [-0.1, -0.05) is 58.4 Å². The number of aliphatic hydroxyl groups is 2. The number of likely N-dealkylation sites (N-methyl/N-ethyl adjacent to an activating group) is 1. The lowest BCUT2D eigenvalue weighted by molar-refractivity contribution is -0.156. The molecule has 9 heteroatoms. The van der Waals surface area contributed by atoms with Crippen molar-refractivity contribution >= 4 is 21.8 Å². The first-order chi connectivity index (χ1) is 18.3. The molecule has 4 atom stereocenters. The van der Waals surface area contributed by atoms with Crippen LogP contribution in [0.4, 0.5) is 0 Å². The summed E-state index contributed by atoms with van der Waals surface area (Å²) < 4.78 is 17.4. The van der Waals surface area contributed by atoms with Crippen molar-refractivity contribution in [3.8, 4) is 11.5 Å². The Morgan fingerprint density at radius 1 is 1.16 bits per heavy atom. The zero-order chi connectivity index (χ0) is 27.3. The Labute approximate surface area is 231 Å². The van der Waals surface area contributed by atoms with Gasteiger partial charge in [0.05, 0.1) is 37.6 Å². The first kappa shape index (κ1) is 28.0. The molecule has 0 fully saturated rings. The lowest BCUT2D eigenvalue weighted by Crippen LogP contribution is -2.53. The van der Waals surface area contributed by atoms with Crippen molar-refractivity contribution in [2.75, 3.05) is 41.0 Å². The lowest BCUT2D eigenvalue weighted by atomic mass is 9.72. The molecule has 1 aliphatic rings. The number of amides is 1. The fraction of sp³-hybridized carbons (Fsp3) is 0.379. The Morgan fingerprint density at radius 3 is 2.53 bits per heavy atom. The van der Waals surface area contributed by atoms with Crippen LogP contribution in [0.3, 0.4) is 0 Å². The fourth-order valence-corrected chi connectivity index (χ4v) is 5.32. The molecule has 2 N–H and O–H groups in total. The number of hydrogen-bond acceptors (Lipinski definition) is 7. The van der Waals surface area contributed by atoms with Crippen molar-refractivity contribution in [1.29, 1.82) is 0 Å². The quantitative estimate of drug-likeness (QED) is 0.355. The second kappa shape index (κ2) is 12.3. The van der Waals surface area contributed by atoms with Gasteiger partial charge in [-0.05, 0) is 29.7 Å². The Morgan fingerprint density at radius 2 is 1.87 bits per heavy atom. The molecule has 202 valence electrons. The number of halogens is 1. The van der Waals surface area contributed by atoms with Crippen LogP contribution in [0.2, 0.25) is 0 Å². The van der Waals surface area contributed by atoms with Crippen LogP contribution < -0.4 is 9.47 Å². The van der Waals surface area contributed by atoms with Crippen LogP contribution in [-0.4, -0.2) is 73.1 Å². The third-order valence-electron chi connectivity index (χ3n) is 7.13. The molecular formula is C29H33BrN2O6. The Bertz CT molecular complexity index is 1230. The van der Waals surface area contributed by atoms with Crippen molar-refractivity contribution in [2.45, 2.75) is 24.0 Å². The van der Waals surface area contributed by atoms with Gasteiger partial charge in [0.15, 0.2) is 5.60 Å². The van der Waals surface area contributed by atoms with E-state index < -0.39 is 23.5 Å². The SMILES string of the molecule is COCCN(C)C(=O)[C@H]([C@H](Cc1ccc(Br)cc1)c1ccccc1)[C@@H](O)[C@]1(O)COc2cncc(OC)c21. The van der Waals surface area contributed by atoms with E-state index in [9.17, 15) is 15.0 Å². The summed E-state index contributed by atoms with van der Waals surface area (Å²) in [4.78, 5) is 19.8. The largest absolute Gasteiger partial charge is 0.495 e. The second-order valence-corrected chi connectivity index (χ2v) is 10.4. The molecule has 0 saturated carbocycles. The topological polar surface area (TPSA) is 101 Å². The summed E-state index contributed by atoms with van der Waals surface area (Å²) in [5.41, 5.74) is 0.245. The van der Waals surface area contributed by atoms with Gasteiger partial charge in [0, 0.05) is 31.1 Å². The smallest absolute Gasteiger partial charge is 0.228 e. The van der Waals surface area contributed by atoms with E-state index in [2.05, 4.69) is 20.9 Å². The molecule has 0 radical (unpaired) electrons. The average Bonchev–Trinajstić information content (AvgIpc) is 3.30. The summed E-state index contributed by atoms with van der Waals surface area (Å²) in [6.45, 7) is 0.428. The maximum atomic E-state index is 14.1. The van der Waals surface area contributed by atoms with Gasteiger partial charge in [-0.3, -0.25) is 9.78 Å². The molecule has 1 aromatic heterocycles. The van der Waals surface area contributed by atoms with Crippen LogP contribution in [0.15, 0.2) is 71.5 Å². The zero-order valence-corrected chi connectivity index (χ0v) is 23.3. The number of rotatable bonds is 11. The summed E-state index contributed by atoms with van der Waals surface area (Å²) in [5, 5.41) is 24.1. The van der Waals surface area contributed by atoms with E-state index in [0.29, 0.717) is 25.3 Å². The van der Waals surface area contributed by atoms with Gasteiger partial charge in [0.25, 0.3) is 0 Å². The van der Waals surface area contributed by atoms with Crippen molar-refractivity contribution in [1.82, 2.24) is 9.88 Å². The standard InChI is InChI=1S/C29H33BrN2O6/c1-32(13-14-36-2)28(34)25(27(33)29(35)18-38-24-17-31-16-23(37-3)26(24)29)22(20-7-5-4-6-8-20)15-19-9-11-21(30)12-10-19/h4-12,16-17,22,25,27,33,35H,13-15,18H2,1-3H3/t22-,25-,27-,29+/m1/s1. The summed E-state index contributed by atoms with van der Waals surface area (Å²) in [6.07, 6.45) is 1.86. The molecule has 2 aromatic carbocycles. The molecule has 1 aliphatic heterocycles. The van der Waals surface area contributed by atoms with Crippen LogP contribution >= 0.6 is 15.9 Å². The van der Waals surface area contributed by atoms with Gasteiger partial charge in [0.1, 0.15) is 24.2 Å². The molecule has 1 amide bonds. The molecule has 2 heterocycles. The molecule has 0 spiro atoms. The number of hydrogen-bond donors (Lipinski definition) is 2. The predicted octanol–water partition coefficient (Wildman–Crippen LogP) is 3.54. The number of nitrogens with zero attached hydrogens (tertiary/aromatic N) is 2. The average molecular weight is 585 g/mol. The number of pyridine rings is 1. The van der Waals surface area contributed by atoms with Gasteiger partial charge in [-0.25, -0.2) is 0 Å². The summed E-state index contributed by atoms with van der Waals surface area (Å²) in [6, 6.07) is 17.5. The van der Waals surface area contributed by atoms with Crippen molar-refractivity contribution in [3.05, 3.63) is 88.2 Å². The number of benzene rings is 2. The Kier molecular flexibility index (Phi) is 9.04. The molecule has 38 heavy (non-hydrogen) atoms. The third kappa shape index (κ3) is 5.71. The minimum atomic E-state index is -1.90. The van der Waals surface area contributed by atoms with Crippen LogP contribution in [0.1, 0.15) is 22.6 Å². The summed E-state index contributed by atoms with van der Waals surface area (Å²) in [5.74, 6) is -1.21. The monoisotopic (exact) mass is 584 g/mol. The van der Waals surface area contributed by atoms with E-state index in [0.717, 1.165) is 15.6 Å². The molecule has 0 aliphatic carbocycles. The van der Waals surface area contributed by atoms with E-state index >= 15 is 0 Å². The number of fused-ring (bicyclic) bond motifs is 1. The number of carbonyl (C=O) groups excluding carboxylic acids is 1. The van der Waals surface area contributed by atoms with Gasteiger partial charge < -0.3 is 29.3 Å². The maximum Gasteiger partial charge on any atom is 0.228 e. The summed E-state index contributed by atoms with van der Waals surface area (Å²) >= 11 is 3.48. The first-order valence-corrected chi connectivity index (χ1v) is 13.2. The minimum absolute atomic E-state index is 0.239. The highest BCUT2D eigenvalue weighted by molar-refractivity contribution is 9.10. The fourth-order valence-electron chi connectivity index (χ4n) is 5.05. The first-order valence-electron chi connectivity index (χ1n) is 12.4. The third-order valence-corrected chi connectivity index (χ3v) is 7.66. The number of methoxy groups -OCH3 is 2. The molecule has 8 nitrogen and oxygen atoms in total. The van der Waals surface area contributed by atoms with Gasteiger partial charge in [-0.2, -0.15) is 0 Å². The zero-order valence-electron chi connectivity index (χ0n) is 21.7. The summed E-state index contributed by atoms with van der Waals surface area (Å²) in [7, 11) is 4.71. The highest BCUT2D eigenvalue weighted by atomic mass is 79.9. The van der Waals surface area contributed by atoms with Crippen LogP contribution in [0.5, 0.6) is 11.5 Å². The van der Waals surface area contributed by atoms with Crippen LogP contribution in [-0.2, 0) is 21.6 Å². The van der Waals surface area contributed by atoms with E-state index in [-0.39, 0.29) is 23.8 Å². The van der Waals surface area contributed by atoms with E-state index in [1.54, 1.807) is 19.1 Å². The van der Waals surface area contributed by atoms with Crippen LogP contribution in [0, 0.1) is 5.92 Å². The number of carbonyl (C=O) groups is 1.